The quantitative estimate of drug-likeness (QED) is 0.0470. The number of carbonyl (C=O) groups excluding carboxylic acids is 4. The molecule has 2 heterocycles. The highest BCUT2D eigenvalue weighted by molar-refractivity contribution is 5.86. The Morgan fingerprint density at radius 3 is 1.62 bits per heavy atom. The molecule has 2 aliphatic heterocycles. The number of esters is 3. The van der Waals surface area contributed by atoms with Gasteiger partial charge >= 0.3 is 17.9 Å². The van der Waals surface area contributed by atoms with E-state index in [0.29, 0.717) is 91.1 Å². The number of piperazine rings is 2. The molecule has 2 rings (SSSR count). The van der Waals surface area contributed by atoms with Gasteiger partial charge in [-0.3, -0.25) is 19.2 Å². The number of unbranched alkanes of at least 4 members (excludes halogenated alkanes) is 3. The molecule has 16 heteroatoms. The van der Waals surface area contributed by atoms with E-state index in [0.717, 1.165) is 111 Å². The molecule has 0 saturated carbocycles. The number of likely N-dealkylation sites (N-methyl/N-ethyl adjacent to an activating group) is 2. The normalized spacial score (nSPS) is 16.1. The summed E-state index contributed by atoms with van der Waals surface area (Å²) in [5.41, 5.74) is -1.22. The maximum Gasteiger partial charge on any atom is 0.307 e. The average molecular weight is 898 g/mol. The van der Waals surface area contributed by atoms with Gasteiger partial charge < -0.3 is 59.2 Å². The first kappa shape index (κ1) is 56.8. The van der Waals surface area contributed by atoms with Crippen LogP contribution in [0.3, 0.4) is 0 Å². The van der Waals surface area contributed by atoms with Crippen molar-refractivity contribution in [1.82, 2.24) is 35.1 Å². The maximum atomic E-state index is 13.3. The highest BCUT2D eigenvalue weighted by atomic mass is 16.5. The fourth-order valence-electron chi connectivity index (χ4n) is 7.50. The molecule has 0 aromatic rings. The number of nitrogens with zero attached hydrogens (tertiary/aromatic N) is 5. The van der Waals surface area contributed by atoms with Gasteiger partial charge in [-0.25, -0.2) is 0 Å². The van der Waals surface area contributed by atoms with Gasteiger partial charge in [-0.1, -0.05) is 13.8 Å². The first-order valence-electron chi connectivity index (χ1n) is 24.4. The molecule has 0 atom stereocenters. The lowest BCUT2D eigenvalue weighted by Gasteiger charge is -2.32. The number of nitrogens with one attached hydrogen (secondary N) is 2. The Balaban J connectivity index is 1.54. The number of rotatable bonds is 38. The summed E-state index contributed by atoms with van der Waals surface area (Å²) in [6.45, 7) is 25.0. The van der Waals surface area contributed by atoms with Crippen LogP contribution in [0.1, 0.15) is 111 Å². The van der Waals surface area contributed by atoms with Crippen LogP contribution in [0.15, 0.2) is 0 Å². The van der Waals surface area contributed by atoms with Gasteiger partial charge in [0.05, 0.1) is 39.1 Å². The highest BCUT2D eigenvalue weighted by Crippen LogP contribution is 2.23. The summed E-state index contributed by atoms with van der Waals surface area (Å²) in [4.78, 5) is 62.3. The number of ether oxygens (including phenoxy) is 4. The van der Waals surface area contributed by atoms with Crippen LogP contribution in [-0.4, -0.2) is 217 Å². The van der Waals surface area contributed by atoms with Gasteiger partial charge in [0.1, 0.15) is 5.60 Å². The lowest BCUT2D eigenvalue weighted by atomic mass is 9.89. The van der Waals surface area contributed by atoms with Gasteiger partial charge in [0.2, 0.25) is 0 Å². The summed E-state index contributed by atoms with van der Waals surface area (Å²) >= 11 is 0. The zero-order chi connectivity index (χ0) is 46.2. The summed E-state index contributed by atoms with van der Waals surface area (Å²) in [5.74, 6) is -0.693. The first-order chi connectivity index (χ1) is 30.2. The van der Waals surface area contributed by atoms with E-state index in [-0.39, 0.29) is 55.2 Å². The molecule has 16 nitrogen and oxygen atoms in total. The van der Waals surface area contributed by atoms with Gasteiger partial charge in [0.25, 0.3) is 0 Å². The molecule has 0 radical (unpaired) electrons. The average Bonchev–Trinajstić information content (AvgIpc) is 3.25. The molecule has 0 amide bonds. The van der Waals surface area contributed by atoms with Crippen LogP contribution >= 0.6 is 0 Å². The van der Waals surface area contributed by atoms with Gasteiger partial charge in [-0.05, 0) is 124 Å². The summed E-state index contributed by atoms with van der Waals surface area (Å²) in [6.07, 6.45) is 8.55. The van der Waals surface area contributed by atoms with Gasteiger partial charge in [-0.15, -0.1) is 0 Å². The number of carbonyl (C=O) groups is 4. The van der Waals surface area contributed by atoms with E-state index in [1.165, 1.54) is 0 Å². The molecule has 3 N–H and O–H groups in total. The van der Waals surface area contributed by atoms with Crippen LogP contribution in [0.4, 0.5) is 0 Å². The van der Waals surface area contributed by atoms with Crippen molar-refractivity contribution in [1.29, 1.82) is 0 Å². The monoisotopic (exact) mass is 898 g/mol. The summed E-state index contributed by atoms with van der Waals surface area (Å²) in [6, 6.07) is 0. The van der Waals surface area contributed by atoms with E-state index in [4.69, 9.17) is 18.9 Å². The molecule has 2 aliphatic rings. The Morgan fingerprint density at radius 1 is 0.556 bits per heavy atom. The Hall–Kier alpha value is -2.28. The predicted molar refractivity (Wildman–Crippen MR) is 249 cm³/mol. The molecule has 0 aromatic heterocycles. The molecule has 2 saturated heterocycles. The summed E-state index contributed by atoms with van der Waals surface area (Å²) in [7, 11) is 4.33. The Labute approximate surface area is 381 Å². The first-order valence-corrected chi connectivity index (χ1v) is 24.4. The van der Waals surface area contributed by atoms with Crippen LogP contribution in [-0.2, 0) is 38.1 Å². The van der Waals surface area contributed by atoms with Crippen molar-refractivity contribution in [2.24, 2.45) is 5.41 Å². The number of hydrogen-bond donors (Lipinski definition) is 3. The van der Waals surface area contributed by atoms with Crippen molar-refractivity contribution >= 4 is 23.7 Å². The molecule has 0 aromatic carbocycles. The number of aliphatic hydroxyl groups is 1. The molecule has 368 valence electrons. The van der Waals surface area contributed by atoms with Crippen molar-refractivity contribution in [3.63, 3.8) is 0 Å². The van der Waals surface area contributed by atoms with E-state index >= 15 is 0 Å². The van der Waals surface area contributed by atoms with Crippen molar-refractivity contribution in [3.05, 3.63) is 0 Å². The van der Waals surface area contributed by atoms with Crippen LogP contribution in [0.5, 0.6) is 0 Å². The van der Waals surface area contributed by atoms with Crippen molar-refractivity contribution in [2.75, 3.05) is 158 Å². The van der Waals surface area contributed by atoms with E-state index in [1.54, 1.807) is 13.8 Å². The topological polar surface area (TPSA) is 166 Å². The number of aliphatic hydroxyl groups excluding tert-OH is 1. The fourth-order valence-corrected chi connectivity index (χ4v) is 7.50. The second kappa shape index (κ2) is 34.1. The molecule has 2 fully saturated rings. The second-order valence-electron chi connectivity index (χ2n) is 19.0. The fraction of sp³-hybridized carbons (Fsp3) is 0.915. The van der Waals surface area contributed by atoms with Crippen LogP contribution in [0, 0.1) is 5.41 Å². The molecule has 0 bridgehead atoms. The molecular weight excluding hydrogens is 807 g/mol. The van der Waals surface area contributed by atoms with Crippen LogP contribution in [0.2, 0.25) is 0 Å². The minimum Gasteiger partial charge on any atom is -0.466 e. The number of Topliss-reactive ketones (excluding diaryl/α,β-unsaturated/α-hetero) is 1. The SMILES string of the molecule is CN1CCN(CCCNCCC(=O)OCCCCOC(C)(C)C(=O)CCN(CCCCCO)CCC(=O)OCC(C)(C)CCCOC(=O)CCNCCCN2CCN(C)CC2)CC1. The largest absolute Gasteiger partial charge is 0.466 e. The Morgan fingerprint density at radius 2 is 1.06 bits per heavy atom. The van der Waals surface area contributed by atoms with Crippen LogP contribution in [0.25, 0.3) is 0 Å². The highest BCUT2D eigenvalue weighted by Gasteiger charge is 2.28. The lowest BCUT2D eigenvalue weighted by Crippen LogP contribution is -2.45. The smallest absolute Gasteiger partial charge is 0.307 e. The molecule has 63 heavy (non-hydrogen) atoms. The third-order valence-electron chi connectivity index (χ3n) is 12.1. The van der Waals surface area contributed by atoms with Crippen LogP contribution < -0.4 is 10.6 Å². The third-order valence-corrected chi connectivity index (χ3v) is 12.1. The van der Waals surface area contributed by atoms with E-state index < -0.39 is 5.60 Å². The number of ketones is 1. The minimum absolute atomic E-state index is 0.0100. The van der Waals surface area contributed by atoms with Crippen molar-refractivity contribution < 1.29 is 43.2 Å². The van der Waals surface area contributed by atoms with Gasteiger partial charge in [-0.2, -0.15) is 0 Å². The van der Waals surface area contributed by atoms with E-state index in [9.17, 15) is 24.3 Å². The van der Waals surface area contributed by atoms with Crippen molar-refractivity contribution in [2.45, 2.75) is 117 Å². The summed E-state index contributed by atoms with van der Waals surface area (Å²) < 4.78 is 22.5. The maximum absolute atomic E-state index is 13.3. The van der Waals surface area contributed by atoms with Gasteiger partial charge in [0, 0.05) is 98.2 Å². The predicted octanol–water partition coefficient (Wildman–Crippen LogP) is 3.05. The zero-order valence-corrected chi connectivity index (χ0v) is 40.7. The van der Waals surface area contributed by atoms with E-state index in [2.05, 4.69) is 49.2 Å². The molecule has 0 aliphatic carbocycles. The Bertz CT molecular complexity index is 1230. The van der Waals surface area contributed by atoms with E-state index in [1.807, 2.05) is 13.8 Å². The second-order valence-corrected chi connectivity index (χ2v) is 19.0. The molecule has 0 spiro atoms. The van der Waals surface area contributed by atoms with Gasteiger partial charge in [0.15, 0.2) is 5.78 Å². The number of hydrogen-bond acceptors (Lipinski definition) is 16. The molecule has 0 unspecified atom stereocenters. The molecular formula is C47H91N7O9. The zero-order valence-electron chi connectivity index (χ0n) is 40.7. The Kier molecular flexibility index (Phi) is 30.8. The van der Waals surface area contributed by atoms with Crippen molar-refractivity contribution in [3.8, 4) is 0 Å². The lowest BCUT2D eigenvalue weighted by molar-refractivity contribution is -0.147. The minimum atomic E-state index is -0.959. The standard InChI is InChI=1S/C47H91N7O9/c1-46(2,19-12-39-61-44(58)16-23-49-21-14-26-54-35-31-51(6)32-36-54)41-62-45(59)18-28-52(24-8-7-9-37-55)27-17-42(56)47(3,4)63-40-11-10-38-60-43(57)15-22-48-20-13-25-53-33-29-50(5)30-34-53/h48-49,55H,7-41H2,1-6H3. The third kappa shape index (κ3) is 29.8. The summed E-state index contributed by atoms with van der Waals surface area (Å²) in [5, 5.41) is 15.9.